The van der Waals surface area contributed by atoms with E-state index in [4.69, 9.17) is 1.37 Å². The van der Waals surface area contributed by atoms with Gasteiger partial charge in [-0.05, 0) is 0 Å². The molecule has 0 aliphatic heterocycles. The number of hydrogen-bond donors (Lipinski definition) is 0. The zero-order valence-corrected chi connectivity index (χ0v) is 9.35. The van der Waals surface area contributed by atoms with Crippen LogP contribution in [0.25, 0.3) is 0 Å². The van der Waals surface area contributed by atoms with Gasteiger partial charge in [0.2, 0.25) is 0 Å². The summed E-state index contributed by atoms with van der Waals surface area (Å²) in [4.78, 5) is 0. The third kappa shape index (κ3) is 8.53. The van der Waals surface area contributed by atoms with Crippen LogP contribution < -0.4 is 0 Å². The monoisotopic (exact) mass is 257 g/mol. The van der Waals surface area contributed by atoms with Crippen LogP contribution in [0.3, 0.4) is 0 Å². The van der Waals surface area contributed by atoms with E-state index in [9.17, 15) is 0 Å². The summed E-state index contributed by atoms with van der Waals surface area (Å²) in [5.41, 5.74) is 0. The summed E-state index contributed by atoms with van der Waals surface area (Å²) in [6, 6.07) is 0. The van der Waals surface area contributed by atoms with Gasteiger partial charge < -0.3 is 0 Å². The molecule has 0 aliphatic carbocycles. The maximum atomic E-state index is 7.57. The SMILES string of the molecule is [2H]/C(=C\CCC)[Te]CCCC. The van der Waals surface area contributed by atoms with E-state index in [2.05, 4.69) is 19.9 Å². The summed E-state index contributed by atoms with van der Waals surface area (Å²) >= 11 is -0.0944. The first-order valence-electron chi connectivity index (χ1n) is 4.60. The zero-order valence-electron chi connectivity index (χ0n) is 8.02. The number of hydrogen-bond acceptors (Lipinski definition) is 0. The van der Waals surface area contributed by atoms with Crippen molar-refractivity contribution in [2.75, 3.05) is 0 Å². The fourth-order valence-corrected chi connectivity index (χ4v) is 2.78. The van der Waals surface area contributed by atoms with Crippen LogP contribution in [-0.2, 0) is 0 Å². The average molecular weight is 255 g/mol. The van der Waals surface area contributed by atoms with Crippen molar-refractivity contribution in [3.8, 4) is 0 Å². The van der Waals surface area contributed by atoms with Crippen molar-refractivity contribution < 1.29 is 1.37 Å². The van der Waals surface area contributed by atoms with Crippen molar-refractivity contribution in [2.45, 2.75) is 44.0 Å². The molecule has 0 spiro atoms. The normalized spacial score (nSPS) is 13.4. The molecule has 0 amide bonds. The first-order chi connectivity index (χ1) is 5.31. The van der Waals surface area contributed by atoms with E-state index in [0.29, 0.717) is 0 Å². The van der Waals surface area contributed by atoms with Gasteiger partial charge >= 0.3 is 76.5 Å². The molecular formula is C9H18Te. The second-order valence-electron chi connectivity index (χ2n) is 2.31. The molecule has 0 unspecified atom stereocenters. The summed E-state index contributed by atoms with van der Waals surface area (Å²) in [6.45, 7) is 4.38. The predicted molar refractivity (Wildman–Crippen MR) is 49.5 cm³/mol. The molecule has 0 aliphatic rings. The Kier molecular flexibility index (Phi) is 8.22. The van der Waals surface area contributed by atoms with Crippen molar-refractivity contribution in [3.05, 3.63) is 10.2 Å². The van der Waals surface area contributed by atoms with E-state index < -0.39 is 0 Å². The molecule has 0 heterocycles. The fraction of sp³-hybridized carbons (Fsp3) is 0.778. The third-order valence-electron chi connectivity index (χ3n) is 1.20. The Morgan fingerprint density at radius 1 is 1.40 bits per heavy atom. The van der Waals surface area contributed by atoms with E-state index in [1.807, 2.05) is 0 Å². The van der Waals surface area contributed by atoms with E-state index in [-0.39, 0.29) is 20.9 Å². The molecule has 0 N–H and O–H groups in total. The Morgan fingerprint density at radius 3 is 2.80 bits per heavy atom. The first-order valence-corrected chi connectivity index (χ1v) is 6.92. The summed E-state index contributed by atoms with van der Waals surface area (Å²) in [6.07, 6.45) is 7.01. The van der Waals surface area contributed by atoms with Gasteiger partial charge in [-0.1, -0.05) is 0 Å². The fourth-order valence-electron chi connectivity index (χ4n) is 0.538. The Bertz CT molecular complexity index is 110. The minimum atomic E-state index is -0.0944. The molecule has 10 heavy (non-hydrogen) atoms. The Balaban J connectivity index is 3.27. The quantitative estimate of drug-likeness (QED) is 0.504. The minimum absolute atomic E-state index is 0.0944. The van der Waals surface area contributed by atoms with Crippen LogP contribution in [0.15, 0.2) is 10.2 Å². The van der Waals surface area contributed by atoms with Crippen molar-refractivity contribution >= 4 is 20.9 Å². The van der Waals surface area contributed by atoms with Gasteiger partial charge in [0, 0.05) is 0 Å². The summed E-state index contributed by atoms with van der Waals surface area (Å²) in [5, 5.41) is 0. The average Bonchev–Trinajstić information content (AvgIpc) is 2.01. The summed E-state index contributed by atoms with van der Waals surface area (Å²) in [5.74, 6) is 0. The maximum absolute atomic E-state index is 7.57. The van der Waals surface area contributed by atoms with Crippen LogP contribution in [0.1, 0.15) is 40.9 Å². The number of rotatable bonds is 6. The van der Waals surface area contributed by atoms with Crippen LogP contribution >= 0.6 is 0 Å². The topological polar surface area (TPSA) is 0 Å². The van der Waals surface area contributed by atoms with Crippen LogP contribution in [0.2, 0.25) is 4.47 Å². The van der Waals surface area contributed by atoms with Gasteiger partial charge in [0.1, 0.15) is 0 Å². The van der Waals surface area contributed by atoms with Gasteiger partial charge in [0.05, 0.1) is 0 Å². The number of allylic oxidation sites excluding steroid dienone is 1. The molecule has 0 aromatic rings. The van der Waals surface area contributed by atoms with Gasteiger partial charge in [-0.25, -0.2) is 0 Å². The third-order valence-corrected chi connectivity index (χ3v) is 3.56. The molecule has 0 saturated carbocycles. The van der Waals surface area contributed by atoms with Crippen LogP contribution in [0.4, 0.5) is 0 Å². The Morgan fingerprint density at radius 2 is 2.20 bits per heavy atom. The molecule has 1 heteroatoms. The van der Waals surface area contributed by atoms with Crippen LogP contribution in [0.5, 0.6) is 0 Å². The summed E-state index contributed by atoms with van der Waals surface area (Å²) in [7, 11) is 0. The summed E-state index contributed by atoms with van der Waals surface area (Å²) < 4.78 is 9.86. The second-order valence-corrected chi connectivity index (χ2v) is 4.97. The Labute approximate surface area is 76.6 Å². The molecule has 0 aromatic heterocycles. The van der Waals surface area contributed by atoms with Gasteiger partial charge in [-0.15, -0.1) is 0 Å². The molecule has 60 valence electrons. The molecule has 0 atom stereocenters. The first kappa shape index (κ1) is 8.62. The molecule has 0 nitrogen and oxygen atoms in total. The van der Waals surface area contributed by atoms with Gasteiger partial charge in [0.25, 0.3) is 0 Å². The van der Waals surface area contributed by atoms with Crippen molar-refractivity contribution in [3.63, 3.8) is 0 Å². The Hall–Kier alpha value is 0.530. The molecule has 0 fully saturated rings. The molecule has 0 aromatic carbocycles. The van der Waals surface area contributed by atoms with Crippen molar-refractivity contribution in [1.82, 2.24) is 0 Å². The van der Waals surface area contributed by atoms with E-state index in [1.54, 1.807) is 0 Å². The van der Waals surface area contributed by atoms with Gasteiger partial charge in [-0.3, -0.25) is 0 Å². The van der Waals surface area contributed by atoms with Crippen molar-refractivity contribution in [1.29, 1.82) is 0 Å². The zero-order chi connectivity index (χ0) is 8.53. The van der Waals surface area contributed by atoms with Gasteiger partial charge in [0.15, 0.2) is 0 Å². The predicted octanol–water partition coefficient (Wildman–Crippen LogP) is 3.22. The molecule has 0 rings (SSSR count). The molecule has 0 bridgehead atoms. The van der Waals surface area contributed by atoms with E-state index in [1.165, 1.54) is 23.7 Å². The number of unbranched alkanes of at least 4 members (excludes halogenated alkanes) is 2. The molecule has 0 saturated heterocycles. The van der Waals surface area contributed by atoms with Crippen molar-refractivity contribution in [2.24, 2.45) is 0 Å². The van der Waals surface area contributed by atoms with E-state index >= 15 is 0 Å². The van der Waals surface area contributed by atoms with Crippen LogP contribution in [-0.4, -0.2) is 20.9 Å². The van der Waals surface area contributed by atoms with Crippen LogP contribution in [0, 0.1) is 0 Å². The second kappa shape index (κ2) is 9.53. The van der Waals surface area contributed by atoms with Gasteiger partial charge in [-0.2, -0.15) is 0 Å². The molecular weight excluding hydrogens is 236 g/mol. The van der Waals surface area contributed by atoms with E-state index in [0.717, 1.165) is 10.5 Å². The molecule has 0 radical (unpaired) electrons. The standard InChI is InChI=1S/C9H18Te/c1-3-5-7-9-10-8-6-4-2/h7,9H,3-6,8H2,1-2H3/b9-7+/i9D.